The fourth-order valence-electron chi connectivity index (χ4n) is 4.66. The number of hydrogen-bond donors (Lipinski definition) is 0. The van der Waals surface area contributed by atoms with Crippen molar-refractivity contribution in [1.29, 1.82) is 0 Å². The Morgan fingerprint density at radius 2 is 1.76 bits per heavy atom. The molecule has 0 bridgehead atoms. The number of carbonyl (C=O) groups excluding carboxylic acids is 2. The molecule has 0 spiro atoms. The van der Waals surface area contributed by atoms with E-state index in [0.717, 1.165) is 51.6 Å². The van der Waals surface area contributed by atoms with Gasteiger partial charge in [-0.25, -0.2) is 18.4 Å². The van der Waals surface area contributed by atoms with E-state index in [-0.39, 0.29) is 11.1 Å². The van der Waals surface area contributed by atoms with Crippen molar-refractivity contribution in [2.24, 2.45) is 5.92 Å². The summed E-state index contributed by atoms with van der Waals surface area (Å²) < 4.78 is 30.9. The highest BCUT2D eigenvalue weighted by Gasteiger charge is 2.29. The van der Waals surface area contributed by atoms with Crippen molar-refractivity contribution in [3.63, 3.8) is 0 Å². The third-order valence-corrected chi connectivity index (χ3v) is 8.32. The van der Waals surface area contributed by atoms with Gasteiger partial charge in [0, 0.05) is 30.4 Å². The topological polar surface area (TPSA) is 81.0 Å². The molecule has 7 nitrogen and oxygen atoms in total. The summed E-state index contributed by atoms with van der Waals surface area (Å²) in [5.74, 6) is -3.01. The minimum Gasteiger partial charge on any atom is -0.339 e. The number of hydrogen-bond acceptors (Lipinski definition) is 6. The van der Waals surface area contributed by atoms with Crippen LogP contribution in [0.25, 0.3) is 0 Å². The van der Waals surface area contributed by atoms with Crippen LogP contribution in [0, 0.1) is 24.5 Å². The first-order chi connectivity index (χ1) is 18.3. The molecule has 0 radical (unpaired) electrons. The van der Waals surface area contributed by atoms with E-state index in [2.05, 4.69) is 31.2 Å². The lowest BCUT2D eigenvalue weighted by Gasteiger charge is -2.32. The van der Waals surface area contributed by atoms with Gasteiger partial charge in [0.1, 0.15) is 0 Å². The van der Waals surface area contributed by atoms with Crippen LogP contribution in [0.4, 0.5) is 8.78 Å². The Balaban J connectivity index is 1.23. The van der Waals surface area contributed by atoms with Crippen LogP contribution in [0.15, 0.2) is 52.6 Å². The Bertz CT molecular complexity index is 1480. The number of nitrogens with zero attached hydrogens (tertiary/aromatic N) is 5. The molecule has 4 aromatic rings. The van der Waals surface area contributed by atoms with Gasteiger partial charge in [0.25, 0.3) is 5.91 Å². The molecule has 0 aliphatic carbocycles. The molecule has 196 valence electrons. The molecule has 38 heavy (non-hydrogen) atoms. The van der Waals surface area contributed by atoms with Crippen molar-refractivity contribution in [2.75, 3.05) is 13.1 Å². The Hall–Kier alpha value is -3.31. The molecule has 0 N–H and O–H groups in total. The van der Waals surface area contributed by atoms with Crippen LogP contribution < -0.4 is 0 Å². The highest BCUT2D eigenvalue weighted by molar-refractivity contribution is 9.11. The number of benzene rings is 2. The van der Waals surface area contributed by atoms with E-state index in [4.69, 9.17) is 0 Å². The zero-order valence-corrected chi connectivity index (χ0v) is 22.9. The van der Waals surface area contributed by atoms with E-state index in [0.29, 0.717) is 31.1 Å². The zero-order chi connectivity index (χ0) is 26.8. The summed E-state index contributed by atoms with van der Waals surface area (Å²) in [6, 6.07) is 9.92. The van der Waals surface area contributed by atoms with E-state index in [1.165, 1.54) is 0 Å². The largest absolute Gasteiger partial charge is 0.339 e. The highest BCUT2D eigenvalue weighted by Crippen LogP contribution is 2.26. The average molecular weight is 600 g/mol. The SMILES string of the molecule is Cc1nc(Br)sc1Cn1cc(CC2CCN(C(=O)c3cc(F)c(F)cc3C(=O)c3ccccc3)CC2)nn1. The first-order valence-electron chi connectivity index (χ1n) is 12.2. The molecule has 0 saturated carbocycles. The normalized spacial score (nSPS) is 14.2. The van der Waals surface area contributed by atoms with Crippen LogP contribution in [0.3, 0.4) is 0 Å². The standard InChI is InChI=1S/C27H24BrF2N5O2S/c1-16-24(38-27(28)31-16)15-35-14-19(32-33-35)11-17-7-9-34(10-8-17)26(37)21-13-23(30)22(29)12-20(21)25(36)18-5-3-2-4-6-18/h2-6,12-14,17H,7-11,15H2,1H3. The van der Waals surface area contributed by atoms with Gasteiger partial charge >= 0.3 is 0 Å². The first kappa shape index (κ1) is 26.3. The van der Waals surface area contributed by atoms with Gasteiger partial charge in [0.15, 0.2) is 21.3 Å². The molecule has 1 amide bonds. The van der Waals surface area contributed by atoms with Crippen molar-refractivity contribution in [2.45, 2.75) is 32.7 Å². The molecule has 1 aliphatic heterocycles. The Kier molecular flexibility index (Phi) is 7.75. The summed E-state index contributed by atoms with van der Waals surface area (Å²) in [4.78, 5) is 33.5. The van der Waals surface area contributed by atoms with Crippen LogP contribution in [0.5, 0.6) is 0 Å². The molecular formula is C27H24BrF2N5O2S. The Morgan fingerprint density at radius 3 is 2.42 bits per heavy atom. The quantitative estimate of drug-likeness (QED) is 0.264. The maximum Gasteiger partial charge on any atom is 0.254 e. The number of likely N-dealkylation sites (tertiary alicyclic amines) is 1. The molecule has 2 aromatic heterocycles. The van der Waals surface area contributed by atoms with Gasteiger partial charge in [-0.2, -0.15) is 0 Å². The second kappa shape index (κ2) is 11.2. The van der Waals surface area contributed by atoms with E-state index < -0.39 is 23.3 Å². The summed E-state index contributed by atoms with van der Waals surface area (Å²) in [7, 11) is 0. The van der Waals surface area contributed by atoms with Gasteiger partial charge in [-0.3, -0.25) is 9.59 Å². The third kappa shape index (κ3) is 5.73. The summed E-state index contributed by atoms with van der Waals surface area (Å²) >= 11 is 4.98. The van der Waals surface area contributed by atoms with Gasteiger partial charge < -0.3 is 4.90 Å². The second-order valence-corrected chi connectivity index (χ2v) is 11.7. The number of aryl methyl sites for hydroxylation is 1. The number of amides is 1. The summed E-state index contributed by atoms with van der Waals surface area (Å²) in [5.41, 5.74) is 1.89. The van der Waals surface area contributed by atoms with Gasteiger partial charge in [-0.15, -0.1) is 16.4 Å². The van der Waals surface area contributed by atoms with Gasteiger partial charge in [0.2, 0.25) is 0 Å². The molecule has 0 atom stereocenters. The van der Waals surface area contributed by atoms with Crippen LogP contribution in [0.2, 0.25) is 0 Å². The predicted octanol–water partition coefficient (Wildman–Crippen LogP) is 5.46. The van der Waals surface area contributed by atoms with Crippen molar-refractivity contribution in [3.8, 4) is 0 Å². The lowest BCUT2D eigenvalue weighted by Crippen LogP contribution is -2.39. The highest BCUT2D eigenvalue weighted by atomic mass is 79.9. The van der Waals surface area contributed by atoms with Crippen molar-refractivity contribution in [3.05, 3.63) is 97.2 Å². The third-order valence-electron chi connectivity index (χ3n) is 6.73. The van der Waals surface area contributed by atoms with Crippen LogP contribution in [-0.2, 0) is 13.0 Å². The fourth-order valence-corrected chi connectivity index (χ4v) is 6.29. The van der Waals surface area contributed by atoms with E-state index in [9.17, 15) is 18.4 Å². The van der Waals surface area contributed by atoms with E-state index in [1.807, 2.05) is 13.1 Å². The summed E-state index contributed by atoms with van der Waals surface area (Å²) in [6.07, 6.45) is 4.12. The van der Waals surface area contributed by atoms with E-state index >= 15 is 0 Å². The van der Waals surface area contributed by atoms with Crippen molar-refractivity contribution < 1.29 is 18.4 Å². The molecule has 2 aromatic carbocycles. The fraction of sp³-hybridized carbons (Fsp3) is 0.296. The molecule has 1 aliphatic rings. The maximum absolute atomic E-state index is 14.1. The number of carbonyl (C=O) groups is 2. The predicted molar refractivity (Wildman–Crippen MR) is 142 cm³/mol. The maximum atomic E-state index is 14.1. The van der Waals surface area contributed by atoms with Crippen molar-refractivity contribution >= 4 is 39.0 Å². The summed E-state index contributed by atoms with van der Waals surface area (Å²) in [5, 5.41) is 8.56. The Labute approximate surface area is 230 Å². The first-order valence-corrected chi connectivity index (χ1v) is 13.8. The second-order valence-electron chi connectivity index (χ2n) is 9.33. The minimum absolute atomic E-state index is 0.121. The molecule has 5 rings (SSSR count). The molecule has 3 heterocycles. The number of thiazole rings is 1. The van der Waals surface area contributed by atoms with Gasteiger partial charge in [-0.1, -0.05) is 35.5 Å². The lowest BCUT2D eigenvalue weighted by atomic mass is 9.91. The smallest absolute Gasteiger partial charge is 0.254 e. The lowest BCUT2D eigenvalue weighted by molar-refractivity contribution is 0.0686. The van der Waals surface area contributed by atoms with Gasteiger partial charge in [0.05, 0.1) is 28.4 Å². The number of ketones is 1. The average Bonchev–Trinajstić information content (AvgIpc) is 3.49. The number of rotatable bonds is 7. The zero-order valence-electron chi connectivity index (χ0n) is 20.5. The molecule has 1 saturated heterocycles. The number of halogens is 3. The van der Waals surface area contributed by atoms with Crippen LogP contribution in [0.1, 0.15) is 55.4 Å². The minimum atomic E-state index is -1.16. The number of piperidine rings is 1. The molecule has 11 heteroatoms. The van der Waals surface area contributed by atoms with Crippen molar-refractivity contribution in [1.82, 2.24) is 24.9 Å². The summed E-state index contributed by atoms with van der Waals surface area (Å²) in [6.45, 7) is 3.46. The molecule has 1 fully saturated rings. The van der Waals surface area contributed by atoms with Crippen LogP contribution >= 0.6 is 27.3 Å². The molecule has 0 unspecified atom stereocenters. The van der Waals surface area contributed by atoms with E-state index in [1.54, 1.807) is 51.3 Å². The monoisotopic (exact) mass is 599 g/mol. The van der Waals surface area contributed by atoms with Crippen LogP contribution in [-0.4, -0.2) is 49.7 Å². The molecular weight excluding hydrogens is 576 g/mol. The number of aromatic nitrogens is 4. The Morgan fingerprint density at radius 1 is 1.08 bits per heavy atom. The van der Waals surface area contributed by atoms with Gasteiger partial charge in [-0.05, 0) is 60.2 Å².